The van der Waals surface area contributed by atoms with Crippen LogP contribution in [0.2, 0.25) is 0 Å². The van der Waals surface area contributed by atoms with Crippen LogP contribution in [0.3, 0.4) is 0 Å². The molecule has 7 heteroatoms. The second kappa shape index (κ2) is 6.72. The number of aromatic amines is 2. The molecule has 0 atom stereocenters. The zero-order valence-corrected chi connectivity index (χ0v) is 13.9. The number of fused-ring (bicyclic) bond motifs is 1. The van der Waals surface area contributed by atoms with E-state index >= 15 is 0 Å². The summed E-state index contributed by atoms with van der Waals surface area (Å²) in [6, 6.07) is 9.91. The van der Waals surface area contributed by atoms with Crippen molar-refractivity contribution in [2.45, 2.75) is 26.4 Å². The fourth-order valence-corrected chi connectivity index (χ4v) is 2.60. The standard InChI is InChI=1S/C18H18N4O3/c1-11(2)22(18(25)13-7-5-9-19-16(13)23)10-15-20-14-8-4-3-6-12(14)17(24)21-15/h3-9,11H,10H2,1-2H3,(H,19,23)(H,20,21,24). The first-order valence-corrected chi connectivity index (χ1v) is 7.94. The molecule has 0 aliphatic rings. The maximum atomic E-state index is 12.7. The van der Waals surface area contributed by atoms with E-state index in [9.17, 15) is 14.4 Å². The Morgan fingerprint density at radius 2 is 1.88 bits per heavy atom. The minimum absolute atomic E-state index is 0.0549. The predicted octanol–water partition coefficient (Wildman–Crippen LogP) is 1.66. The summed E-state index contributed by atoms with van der Waals surface area (Å²) in [4.78, 5) is 48.0. The van der Waals surface area contributed by atoms with Crippen molar-refractivity contribution >= 4 is 16.8 Å². The molecule has 128 valence electrons. The summed E-state index contributed by atoms with van der Waals surface area (Å²) < 4.78 is 0. The van der Waals surface area contributed by atoms with Gasteiger partial charge in [0.15, 0.2) is 0 Å². The van der Waals surface area contributed by atoms with Crippen LogP contribution in [0.25, 0.3) is 10.9 Å². The van der Waals surface area contributed by atoms with Crippen molar-refractivity contribution in [2.75, 3.05) is 0 Å². The van der Waals surface area contributed by atoms with Gasteiger partial charge in [0.2, 0.25) is 0 Å². The number of carbonyl (C=O) groups is 1. The molecule has 2 heterocycles. The van der Waals surface area contributed by atoms with Gasteiger partial charge >= 0.3 is 0 Å². The van der Waals surface area contributed by atoms with Crippen LogP contribution in [-0.2, 0) is 6.54 Å². The number of H-pyrrole nitrogens is 2. The third-order valence-corrected chi connectivity index (χ3v) is 3.91. The van der Waals surface area contributed by atoms with Crippen molar-refractivity contribution in [2.24, 2.45) is 0 Å². The van der Waals surface area contributed by atoms with Gasteiger partial charge in [-0.3, -0.25) is 14.4 Å². The normalized spacial score (nSPS) is 11.0. The van der Waals surface area contributed by atoms with Gasteiger partial charge < -0.3 is 14.9 Å². The van der Waals surface area contributed by atoms with E-state index in [4.69, 9.17) is 0 Å². The van der Waals surface area contributed by atoms with E-state index < -0.39 is 11.5 Å². The molecule has 7 nitrogen and oxygen atoms in total. The summed E-state index contributed by atoms with van der Waals surface area (Å²) in [5.41, 5.74) is -0.0817. The molecule has 1 aromatic carbocycles. The van der Waals surface area contributed by atoms with Crippen LogP contribution >= 0.6 is 0 Å². The lowest BCUT2D eigenvalue weighted by molar-refractivity contribution is 0.0683. The lowest BCUT2D eigenvalue weighted by atomic mass is 10.2. The molecule has 0 aliphatic heterocycles. The van der Waals surface area contributed by atoms with Crippen LogP contribution in [0.1, 0.15) is 30.0 Å². The summed E-state index contributed by atoms with van der Waals surface area (Å²) in [7, 11) is 0. The molecule has 3 rings (SSSR count). The number of hydrogen-bond donors (Lipinski definition) is 2. The monoisotopic (exact) mass is 338 g/mol. The Kier molecular flexibility index (Phi) is 4.47. The molecule has 0 saturated heterocycles. The first-order chi connectivity index (χ1) is 12.0. The average molecular weight is 338 g/mol. The van der Waals surface area contributed by atoms with E-state index in [0.717, 1.165) is 0 Å². The highest BCUT2D eigenvalue weighted by Gasteiger charge is 2.22. The topological polar surface area (TPSA) is 98.9 Å². The highest BCUT2D eigenvalue weighted by atomic mass is 16.2. The number of carbonyl (C=O) groups excluding carboxylic acids is 1. The molecule has 0 aliphatic carbocycles. The van der Waals surface area contributed by atoms with Crippen molar-refractivity contribution in [3.05, 3.63) is 74.7 Å². The van der Waals surface area contributed by atoms with Gasteiger partial charge in [0.05, 0.1) is 17.4 Å². The van der Waals surface area contributed by atoms with E-state index in [1.165, 1.54) is 17.2 Å². The molecule has 0 fully saturated rings. The van der Waals surface area contributed by atoms with Gasteiger partial charge in [-0.25, -0.2) is 4.98 Å². The Balaban J connectivity index is 1.98. The lowest BCUT2D eigenvalue weighted by Crippen LogP contribution is -2.39. The SMILES string of the molecule is CC(C)N(Cc1nc2ccccc2c(=O)[nH]1)C(=O)c1ccc[nH]c1=O. The Morgan fingerprint density at radius 1 is 1.12 bits per heavy atom. The van der Waals surface area contributed by atoms with E-state index in [1.807, 2.05) is 13.8 Å². The van der Waals surface area contributed by atoms with Gasteiger partial charge in [-0.2, -0.15) is 0 Å². The Hall–Kier alpha value is -3.22. The van der Waals surface area contributed by atoms with Crippen LogP contribution in [0.5, 0.6) is 0 Å². The van der Waals surface area contributed by atoms with Crippen LogP contribution in [-0.4, -0.2) is 31.8 Å². The molecule has 0 bridgehead atoms. The van der Waals surface area contributed by atoms with Crippen molar-refractivity contribution in [3.8, 4) is 0 Å². The Morgan fingerprint density at radius 3 is 2.60 bits per heavy atom. The number of aromatic nitrogens is 3. The first kappa shape index (κ1) is 16.6. The van der Waals surface area contributed by atoms with Crippen molar-refractivity contribution in [1.82, 2.24) is 19.9 Å². The lowest BCUT2D eigenvalue weighted by Gasteiger charge is -2.26. The highest BCUT2D eigenvalue weighted by molar-refractivity contribution is 5.94. The van der Waals surface area contributed by atoms with Crippen LogP contribution < -0.4 is 11.1 Å². The molecule has 25 heavy (non-hydrogen) atoms. The number of rotatable bonds is 4. The van der Waals surface area contributed by atoms with Crippen molar-refractivity contribution in [1.29, 1.82) is 0 Å². The second-order valence-corrected chi connectivity index (χ2v) is 5.97. The fourth-order valence-electron chi connectivity index (χ4n) is 2.60. The average Bonchev–Trinajstić information content (AvgIpc) is 2.59. The number of amides is 1. The third kappa shape index (κ3) is 3.35. The first-order valence-electron chi connectivity index (χ1n) is 7.94. The minimum atomic E-state index is -0.446. The number of hydrogen-bond acceptors (Lipinski definition) is 4. The van der Waals surface area contributed by atoms with E-state index in [-0.39, 0.29) is 23.7 Å². The van der Waals surface area contributed by atoms with Gasteiger partial charge in [-0.05, 0) is 38.1 Å². The number of benzene rings is 1. The molecular weight excluding hydrogens is 320 g/mol. The zero-order chi connectivity index (χ0) is 18.0. The van der Waals surface area contributed by atoms with Crippen molar-refractivity contribution in [3.63, 3.8) is 0 Å². The molecule has 0 spiro atoms. The third-order valence-electron chi connectivity index (χ3n) is 3.91. The molecule has 1 amide bonds. The summed E-state index contributed by atoms with van der Waals surface area (Å²) in [5, 5.41) is 0.494. The largest absolute Gasteiger partial charge is 0.329 e. The molecule has 0 saturated carbocycles. The van der Waals surface area contributed by atoms with Gasteiger partial charge in [-0.15, -0.1) is 0 Å². The maximum absolute atomic E-state index is 12.7. The molecule has 2 N–H and O–H groups in total. The van der Waals surface area contributed by atoms with Crippen LogP contribution in [0, 0.1) is 0 Å². The summed E-state index contributed by atoms with van der Waals surface area (Å²) in [5.74, 6) is -0.0363. The van der Waals surface area contributed by atoms with Gasteiger partial charge in [0, 0.05) is 12.2 Å². The fraction of sp³-hybridized carbons (Fsp3) is 0.222. The summed E-state index contributed by atoms with van der Waals surface area (Å²) in [6.07, 6.45) is 1.47. The maximum Gasteiger partial charge on any atom is 0.260 e. The van der Waals surface area contributed by atoms with Crippen LogP contribution in [0.15, 0.2) is 52.2 Å². The zero-order valence-electron chi connectivity index (χ0n) is 13.9. The Bertz CT molecular complexity index is 1040. The smallest absolute Gasteiger partial charge is 0.260 e. The van der Waals surface area contributed by atoms with Crippen LogP contribution in [0.4, 0.5) is 0 Å². The second-order valence-electron chi connectivity index (χ2n) is 5.97. The molecule has 0 unspecified atom stereocenters. The number of pyridine rings is 1. The minimum Gasteiger partial charge on any atom is -0.329 e. The summed E-state index contributed by atoms with van der Waals surface area (Å²) >= 11 is 0. The van der Waals surface area contributed by atoms with Crippen molar-refractivity contribution < 1.29 is 4.79 Å². The molecular formula is C18H18N4O3. The molecule has 2 aromatic heterocycles. The highest BCUT2D eigenvalue weighted by Crippen LogP contribution is 2.11. The molecule has 0 radical (unpaired) electrons. The van der Waals surface area contributed by atoms with Gasteiger partial charge in [0.1, 0.15) is 11.4 Å². The van der Waals surface area contributed by atoms with E-state index in [1.54, 1.807) is 30.3 Å². The molecule has 3 aromatic rings. The number of nitrogens with zero attached hydrogens (tertiary/aromatic N) is 2. The van der Waals surface area contributed by atoms with E-state index in [0.29, 0.717) is 16.7 Å². The predicted molar refractivity (Wildman–Crippen MR) is 94.4 cm³/mol. The number of nitrogens with one attached hydrogen (secondary N) is 2. The van der Waals surface area contributed by atoms with E-state index in [2.05, 4.69) is 15.0 Å². The number of para-hydroxylation sites is 1. The van der Waals surface area contributed by atoms with Gasteiger partial charge in [-0.1, -0.05) is 12.1 Å². The quantitative estimate of drug-likeness (QED) is 0.756. The van der Waals surface area contributed by atoms with Gasteiger partial charge in [0.25, 0.3) is 17.0 Å². The Labute approximate surface area is 143 Å². The summed E-state index contributed by atoms with van der Waals surface area (Å²) in [6.45, 7) is 3.78.